The molecule has 2 aromatic carbocycles. The normalized spacial score (nSPS) is 17.8. The minimum Gasteiger partial charge on any atom is -0.371 e. The lowest BCUT2D eigenvalue weighted by Gasteiger charge is -2.32. The third-order valence-electron chi connectivity index (χ3n) is 4.39. The summed E-state index contributed by atoms with van der Waals surface area (Å²) in [5.41, 5.74) is 2.29. The number of nitrogens with zero attached hydrogens (tertiary/aromatic N) is 1. The van der Waals surface area contributed by atoms with Crippen molar-refractivity contribution in [2.45, 2.75) is 12.5 Å². The number of carbonyl (C=O) groups is 1. The smallest absolute Gasteiger partial charge is 0.234 e. The van der Waals surface area contributed by atoms with Gasteiger partial charge in [-0.05, 0) is 41.8 Å². The van der Waals surface area contributed by atoms with Crippen molar-refractivity contribution in [2.75, 3.05) is 32.8 Å². The average Bonchev–Trinajstić information content (AvgIpc) is 2.64. The summed E-state index contributed by atoms with van der Waals surface area (Å²) < 4.78 is 6.91. The third-order valence-corrected chi connectivity index (χ3v) is 5.13. The van der Waals surface area contributed by atoms with Crippen molar-refractivity contribution in [3.63, 3.8) is 0 Å². The first kappa shape index (κ1) is 19.4. The van der Waals surface area contributed by atoms with Crippen LogP contribution in [-0.2, 0) is 16.0 Å². The molecule has 1 atom stereocenters. The molecule has 3 rings (SSSR count). The molecule has 26 heavy (non-hydrogen) atoms. The molecule has 0 radical (unpaired) electrons. The topological polar surface area (TPSA) is 41.6 Å². The number of ether oxygens (including phenoxy) is 1. The Kier molecular flexibility index (Phi) is 7.08. The molecule has 0 saturated carbocycles. The predicted octanol–water partition coefficient (Wildman–Crippen LogP) is 3.83. The molecule has 1 aliphatic heterocycles. The molecule has 138 valence electrons. The van der Waals surface area contributed by atoms with Crippen molar-refractivity contribution >= 4 is 33.4 Å². The molecular formula is C20H22BrClN2O2. The Bertz CT molecular complexity index is 739. The number of morpholine rings is 1. The second-order valence-electron chi connectivity index (χ2n) is 6.38. The van der Waals surface area contributed by atoms with Crippen molar-refractivity contribution in [3.8, 4) is 0 Å². The largest absolute Gasteiger partial charge is 0.371 e. The first-order valence-corrected chi connectivity index (χ1v) is 9.88. The molecule has 1 N–H and O–H groups in total. The van der Waals surface area contributed by atoms with E-state index in [1.54, 1.807) is 0 Å². The van der Waals surface area contributed by atoms with Crippen molar-refractivity contribution in [1.82, 2.24) is 10.2 Å². The fraction of sp³-hybridized carbons (Fsp3) is 0.350. The minimum absolute atomic E-state index is 0.00289. The highest BCUT2D eigenvalue weighted by Gasteiger charge is 2.23. The molecule has 1 unspecified atom stereocenters. The molecule has 0 aliphatic carbocycles. The van der Waals surface area contributed by atoms with Gasteiger partial charge in [-0.1, -0.05) is 51.8 Å². The molecule has 1 aliphatic rings. The molecule has 6 heteroatoms. The molecular weight excluding hydrogens is 416 g/mol. The monoisotopic (exact) mass is 436 g/mol. The second kappa shape index (κ2) is 9.51. The van der Waals surface area contributed by atoms with E-state index < -0.39 is 0 Å². The highest BCUT2D eigenvalue weighted by Crippen LogP contribution is 2.24. The first-order valence-electron chi connectivity index (χ1n) is 8.71. The van der Waals surface area contributed by atoms with Gasteiger partial charge in [0, 0.05) is 29.1 Å². The van der Waals surface area contributed by atoms with Gasteiger partial charge in [0.1, 0.15) is 0 Å². The van der Waals surface area contributed by atoms with Crippen molar-refractivity contribution in [2.24, 2.45) is 0 Å². The molecule has 4 nitrogen and oxygen atoms in total. The van der Waals surface area contributed by atoms with Crippen LogP contribution in [-0.4, -0.2) is 43.6 Å². The van der Waals surface area contributed by atoms with Crippen LogP contribution in [0.2, 0.25) is 5.02 Å². The quantitative estimate of drug-likeness (QED) is 0.747. The zero-order valence-electron chi connectivity index (χ0n) is 14.5. The van der Waals surface area contributed by atoms with Gasteiger partial charge in [-0.15, -0.1) is 0 Å². The van der Waals surface area contributed by atoms with Crippen LogP contribution < -0.4 is 5.32 Å². The van der Waals surface area contributed by atoms with Gasteiger partial charge in [-0.25, -0.2) is 0 Å². The van der Waals surface area contributed by atoms with Crippen LogP contribution in [0.4, 0.5) is 0 Å². The summed E-state index contributed by atoms with van der Waals surface area (Å²) in [6, 6.07) is 15.8. The Morgan fingerprint density at radius 3 is 2.85 bits per heavy atom. The molecule has 1 saturated heterocycles. The summed E-state index contributed by atoms with van der Waals surface area (Å²) in [6.45, 7) is 3.15. The number of hydrogen-bond donors (Lipinski definition) is 1. The van der Waals surface area contributed by atoms with Gasteiger partial charge in [0.2, 0.25) is 5.91 Å². The van der Waals surface area contributed by atoms with E-state index in [1.165, 1.54) is 0 Å². The summed E-state index contributed by atoms with van der Waals surface area (Å²) in [4.78, 5) is 14.4. The Labute approximate surface area is 167 Å². The first-order chi connectivity index (χ1) is 12.6. The molecule has 2 aromatic rings. The fourth-order valence-corrected chi connectivity index (χ4v) is 3.55. The zero-order valence-corrected chi connectivity index (χ0v) is 16.8. The maximum absolute atomic E-state index is 12.2. The Morgan fingerprint density at radius 2 is 2.08 bits per heavy atom. The summed E-state index contributed by atoms with van der Waals surface area (Å²) in [6.07, 6.45) is 0.801. The highest BCUT2D eigenvalue weighted by atomic mass is 79.9. The molecule has 1 heterocycles. The van der Waals surface area contributed by atoms with E-state index >= 15 is 0 Å². The van der Waals surface area contributed by atoms with Crippen LogP contribution in [0.5, 0.6) is 0 Å². The standard InChI is InChI=1S/C20H22BrClN2O2/c21-17-3-1-2-16(12-17)19-13-24(10-11-26-19)14-20(25)23-9-8-15-4-6-18(22)7-5-15/h1-7,12,19H,8-11,13-14H2,(H,23,25). The van der Waals surface area contributed by atoms with Crippen molar-refractivity contribution < 1.29 is 9.53 Å². The summed E-state index contributed by atoms with van der Waals surface area (Å²) in [5.74, 6) is 0.0499. The van der Waals surface area contributed by atoms with E-state index in [9.17, 15) is 4.79 Å². The number of rotatable bonds is 6. The lowest BCUT2D eigenvalue weighted by Crippen LogP contribution is -2.44. The van der Waals surface area contributed by atoms with Crippen LogP contribution in [0.3, 0.4) is 0 Å². The summed E-state index contributed by atoms with van der Waals surface area (Å²) in [5, 5.41) is 3.72. The number of carbonyl (C=O) groups excluding carboxylic acids is 1. The number of benzene rings is 2. The summed E-state index contributed by atoms with van der Waals surface area (Å²) >= 11 is 9.38. The SMILES string of the molecule is O=C(CN1CCOC(c2cccc(Br)c2)C1)NCCc1ccc(Cl)cc1. The molecule has 1 amide bonds. The second-order valence-corrected chi connectivity index (χ2v) is 7.73. The van der Waals surface area contributed by atoms with Gasteiger partial charge in [0.25, 0.3) is 0 Å². The van der Waals surface area contributed by atoms with Gasteiger partial charge < -0.3 is 10.1 Å². The maximum atomic E-state index is 12.2. The van der Waals surface area contributed by atoms with E-state index in [0.29, 0.717) is 19.7 Å². The van der Waals surface area contributed by atoms with Gasteiger partial charge >= 0.3 is 0 Å². The lowest BCUT2D eigenvalue weighted by molar-refractivity contribution is -0.124. The van der Waals surface area contributed by atoms with E-state index in [4.69, 9.17) is 16.3 Å². The number of amides is 1. The zero-order chi connectivity index (χ0) is 18.4. The van der Waals surface area contributed by atoms with Gasteiger partial charge in [-0.3, -0.25) is 9.69 Å². The lowest BCUT2D eigenvalue weighted by atomic mass is 10.1. The Hall–Kier alpha value is -1.40. The number of hydrogen-bond acceptors (Lipinski definition) is 3. The summed E-state index contributed by atoms with van der Waals surface area (Å²) in [7, 11) is 0. The average molecular weight is 438 g/mol. The van der Waals surface area contributed by atoms with Crippen molar-refractivity contribution in [3.05, 3.63) is 69.2 Å². The Balaban J connectivity index is 1.44. The minimum atomic E-state index is 0.00289. The Morgan fingerprint density at radius 1 is 1.27 bits per heavy atom. The highest BCUT2D eigenvalue weighted by molar-refractivity contribution is 9.10. The van der Waals surface area contributed by atoms with E-state index in [2.05, 4.69) is 38.3 Å². The van der Waals surface area contributed by atoms with Crippen LogP contribution in [0.1, 0.15) is 17.2 Å². The van der Waals surface area contributed by atoms with Crippen LogP contribution in [0.15, 0.2) is 53.0 Å². The predicted molar refractivity (Wildman–Crippen MR) is 107 cm³/mol. The molecule has 0 aromatic heterocycles. The van der Waals surface area contributed by atoms with Crippen LogP contribution in [0.25, 0.3) is 0 Å². The fourth-order valence-electron chi connectivity index (χ4n) is 3.01. The van der Waals surface area contributed by atoms with Crippen molar-refractivity contribution in [1.29, 1.82) is 0 Å². The third kappa shape index (κ3) is 5.81. The molecule has 1 fully saturated rings. The number of nitrogens with one attached hydrogen (secondary N) is 1. The molecule has 0 bridgehead atoms. The van der Waals surface area contributed by atoms with E-state index in [1.807, 2.05) is 36.4 Å². The molecule has 0 spiro atoms. The van der Waals surface area contributed by atoms with E-state index in [0.717, 1.165) is 40.1 Å². The van der Waals surface area contributed by atoms with Gasteiger partial charge in [0.15, 0.2) is 0 Å². The maximum Gasteiger partial charge on any atom is 0.234 e. The van der Waals surface area contributed by atoms with Crippen LogP contribution >= 0.6 is 27.5 Å². The van der Waals surface area contributed by atoms with Gasteiger partial charge in [0.05, 0.1) is 19.3 Å². The van der Waals surface area contributed by atoms with Crippen LogP contribution in [0, 0.1) is 0 Å². The number of halogens is 2. The van der Waals surface area contributed by atoms with Gasteiger partial charge in [-0.2, -0.15) is 0 Å². The van der Waals surface area contributed by atoms with E-state index in [-0.39, 0.29) is 12.0 Å².